The van der Waals surface area contributed by atoms with E-state index in [9.17, 15) is 14.7 Å². The lowest BCUT2D eigenvalue weighted by atomic mass is 10.2. The molecule has 6 heteroatoms. The SMILES string of the molecule is C=CCCNC(=O)CN(C(=O)OC(C)(C)C)C(C)CO. The van der Waals surface area contributed by atoms with E-state index >= 15 is 0 Å². The van der Waals surface area contributed by atoms with Crippen LogP contribution in [0.3, 0.4) is 0 Å². The molecule has 1 atom stereocenters. The standard InChI is InChI=1S/C14H26N2O4/c1-6-7-8-15-12(18)9-16(11(2)10-17)13(19)20-14(3,4)5/h6,11,17H,1,7-10H2,2-5H3,(H,15,18). The van der Waals surface area contributed by atoms with Gasteiger partial charge >= 0.3 is 6.09 Å². The smallest absolute Gasteiger partial charge is 0.411 e. The Labute approximate surface area is 120 Å². The molecule has 6 nitrogen and oxygen atoms in total. The fraction of sp³-hybridized carbons (Fsp3) is 0.714. The third-order valence-electron chi connectivity index (χ3n) is 2.41. The molecule has 20 heavy (non-hydrogen) atoms. The molecule has 0 bridgehead atoms. The molecular formula is C14H26N2O4. The first-order valence-corrected chi connectivity index (χ1v) is 6.69. The van der Waals surface area contributed by atoms with Crippen LogP contribution in [0.5, 0.6) is 0 Å². The number of amides is 2. The minimum atomic E-state index is -0.649. The van der Waals surface area contributed by atoms with Gasteiger partial charge in [-0.3, -0.25) is 9.69 Å². The lowest BCUT2D eigenvalue weighted by Gasteiger charge is -2.30. The van der Waals surface area contributed by atoms with Crippen molar-refractivity contribution in [2.75, 3.05) is 19.7 Å². The van der Waals surface area contributed by atoms with Gasteiger partial charge in [0.15, 0.2) is 0 Å². The predicted octanol–water partition coefficient (Wildman–Crippen LogP) is 1.30. The van der Waals surface area contributed by atoms with Crippen LogP contribution in [0.15, 0.2) is 12.7 Å². The summed E-state index contributed by atoms with van der Waals surface area (Å²) in [7, 11) is 0. The molecule has 0 aromatic heterocycles. The molecule has 0 spiro atoms. The van der Waals surface area contributed by atoms with Crippen molar-refractivity contribution in [2.24, 2.45) is 0 Å². The van der Waals surface area contributed by atoms with Crippen LogP contribution in [0.1, 0.15) is 34.1 Å². The van der Waals surface area contributed by atoms with Crippen LogP contribution in [0.2, 0.25) is 0 Å². The Morgan fingerprint density at radius 2 is 2.05 bits per heavy atom. The van der Waals surface area contributed by atoms with E-state index in [1.165, 1.54) is 4.90 Å². The lowest BCUT2D eigenvalue weighted by Crippen LogP contribution is -2.48. The van der Waals surface area contributed by atoms with Crippen LogP contribution in [0.25, 0.3) is 0 Å². The second kappa shape index (κ2) is 8.58. The first kappa shape index (κ1) is 18.4. The molecule has 0 heterocycles. The normalized spacial score (nSPS) is 12.4. The largest absolute Gasteiger partial charge is 0.444 e. The van der Waals surface area contributed by atoms with E-state index in [1.54, 1.807) is 33.8 Å². The van der Waals surface area contributed by atoms with Crippen LogP contribution in [-0.4, -0.2) is 53.3 Å². The van der Waals surface area contributed by atoms with Gasteiger partial charge < -0.3 is 15.2 Å². The van der Waals surface area contributed by atoms with Gasteiger partial charge in [-0.1, -0.05) is 6.08 Å². The summed E-state index contributed by atoms with van der Waals surface area (Å²) in [5, 5.41) is 11.9. The van der Waals surface area contributed by atoms with Crippen molar-refractivity contribution in [3.8, 4) is 0 Å². The van der Waals surface area contributed by atoms with Crippen LogP contribution < -0.4 is 5.32 Å². The highest BCUT2D eigenvalue weighted by Gasteiger charge is 2.27. The molecule has 0 aliphatic heterocycles. The highest BCUT2D eigenvalue weighted by molar-refractivity contribution is 5.82. The Kier molecular flexibility index (Phi) is 7.91. The minimum absolute atomic E-state index is 0.145. The van der Waals surface area contributed by atoms with E-state index in [0.29, 0.717) is 13.0 Å². The first-order chi connectivity index (χ1) is 9.21. The van der Waals surface area contributed by atoms with Gasteiger partial charge in [-0.2, -0.15) is 0 Å². The van der Waals surface area contributed by atoms with Crippen molar-refractivity contribution >= 4 is 12.0 Å². The Bertz CT molecular complexity index is 337. The number of aliphatic hydroxyl groups is 1. The molecule has 2 amide bonds. The maximum absolute atomic E-state index is 12.0. The number of nitrogens with one attached hydrogen (secondary N) is 1. The molecule has 0 rings (SSSR count). The third-order valence-corrected chi connectivity index (χ3v) is 2.41. The molecule has 0 saturated heterocycles. The maximum atomic E-state index is 12.0. The quantitative estimate of drug-likeness (QED) is 0.546. The van der Waals surface area contributed by atoms with E-state index in [1.807, 2.05) is 0 Å². The Hall–Kier alpha value is -1.56. The number of carbonyl (C=O) groups is 2. The molecule has 2 N–H and O–H groups in total. The zero-order valence-corrected chi connectivity index (χ0v) is 12.8. The summed E-state index contributed by atoms with van der Waals surface area (Å²) in [5.74, 6) is -0.294. The molecule has 116 valence electrons. The molecule has 0 aromatic rings. The van der Waals surface area contributed by atoms with Crippen molar-refractivity contribution in [1.29, 1.82) is 0 Å². The van der Waals surface area contributed by atoms with Gasteiger partial charge in [0, 0.05) is 6.54 Å². The number of rotatable bonds is 7. The molecular weight excluding hydrogens is 260 g/mol. The number of aliphatic hydroxyl groups excluding tert-OH is 1. The summed E-state index contributed by atoms with van der Waals surface area (Å²) in [4.78, 5) is 25.0. The van der Waals surface area contributed by atoms with Gasteiger partial charge in [0.05, 0.1) is 12.6 Å². The molecule has 0 aromatic carbocycles. The average Bonchev–Trinajstić information content (AvgIpc) is 2.33. The lowest BCUT2D eigenvalue weighted by molar-refractivity contribution is -0.122. The number of nitrogens with zero attached hydrogens (tertiary/aromatic N) is 1. The Morgan fingerprint density at radius 1 is 1.45 bits per heavy atom. The van der Waals surface area contributed by atoms with Gasteiger partial charge in [-0.15, -0.1) is 6.58 Å². The second-order valence-corrected chi connectivity index (χ2v) is 5.57. The molecule has 0 radical (unpaired) electrons. The molecule has 1 unspecified atom stereocenters. The van der Waals surface area contributed by atoms with Gasteiger partial charge in [0.25, 0.3) is 0 Å². The average molecular weight is 286 g/mol. The van der Waals surface area contributed by atoms with E-state index < -0.39 is 17.7 Å². The molecule has 0 aliphatic rings. The summed E-state index contributed by atoms with van der Waals surface area (Å²) >= 11 is 0. The van der Waals surface area contributed by atoms with Crippen LogP contribution in [0.4, 0.5) is 4.79 Å². The number of ether oxygens (including phenoxy) is 1. The molecule has 0 aliphatic carbocycles. The van der Waals surface area contributed by atoms with Gasteiger partial charge in [0.1, 0.15) is 12.1 Å². The van der Waals surface area contributed by atoms with Crippen molar-refractivity contribution in [2.45, 2.75) is 45.8 Å². The fourth-order valence-corrected chi connectivity index (χ4v) is 1.34. The fourth-order valence-electron chi connectivity index (χ4n) is 1.34. The summed E-state index contributed by atoms with van der Waals surface area (Å²) in [6.45, 7) is 10.5. The van der Waals surface area contributed by atoms with Gasteiger partial charge in [-0.05, 0) is 34.1 Å². The van der Waals surface area contributed by atoms with Crippen LogP contribution in [-0.2, 0) is 9.53 Å². The molecule has 0 fully saturated rings. The van der Waals surface area contributed by atoms with Crippen LogP contribution in [0, 0.1) is 0 Å². The summed E-state index contributed by atoms with van der Waals surface area (Å²) < 4.78 is 5.23. The predicted molar refractivity (Wildman–Crippen MR) is 77.3 cm³/mol. The molecule has 0 saturated carbocycles. The summed E-state index contributed by atoms with van der Waals surface area (Å²) in [6, 6.07) is -0.491. The van der Waals surface area contributed by atoms with E-state index in [4.69, 9.17) is 4.74 Å². The zero-order chi connectivity index (χ0) is 15.8. The van der Waals surface area contributed by atoms with Gasteiger partial charge in [0.2, 0.25) is 5.91 Å². The van der Waals surface area contributed by atoms with E-state index in [2.05, 4.69) is 11.9 Å². The zero-order valence-electron chi connectivity index (χ0n) is 12.8. The topological polar surface area (TPSA) is 78.9 Å². The van der Waals surface area contributed by atoms with Gasteiger partial charge in [-0.25, -0.2) is 4.79 Å². The summed E-state index contributed by atoms with van der Waals surface area (Å²) in [6.07, 6.45) is 1.74. The Balaban J connectivity index is 4.60. The highest BCUT2D eigenvalue weighted by atomic mass is 16.6. The number of hydrogen-bond donors (Lipinski definition) is 2. The monoisotopic (exact) mass is 286 g/mol. The van der Waals surface area contributed by atoms with Crippen LogP contribution >= 0.6 is 0 Å². The second-order valence-electron chi connectivity index (χ2n) is 5.57. The maximum Gasteiger partial charge on any atom is 0.411 e. The Morgan fingerprint density at radius 3 is 2.50 bits per heavy atom. The number of hydrogen-bond acceptors (Lipinski definition) is 4. The van der Waals surface area contributed by atoms with E-state index in [-0.39, 0.29) is 19.1 Å². The van der Waals surface area contributed by atoms with Crippen molar-refractivity contribution < 1.29 is 19.4 Å². The minimum Gasteiger partial charge on any atom is -0.444 e. The van der Waals surface area contributed by atoms with Crippen molar-refractivity contribution in [3.05, 3.63) is 12.7 Å². The number of carbonyl (C=O) groups excluding carboxylic acids is 2. The van der Waals surface area contributed by atoms with Crippen molar-refractivity contribution in [3.63, 3.8) is 0 Å². The van der Waals surface area contributed by atoms with E-state index in [0.717, 1.165) is 0 Å². The summed E-state index contributed by atoms with van der Waals surface area (Å²) in [5.41, 5.74) is -0.649. The van der Waals surface area contributed by atoms with Crippen molar-refractivity contribution in [1.82, 2.24) is 10.2 Å². The first-order valence-electron chi connectivity index (χ1n) is 6.69. The highest BCUT2D eigenvalue weighted by Crippen LogP contribution is 2.11. The third kappa shape index (κ3) is 7.78.